The minimum atomic E-state index is -2.46. The summed E-state index contributed by atoms with van der Waals surface area (Å²) in [5, 5.41) is 9.41. The summed E-state index contributed by atoms with van der Waals surface area (Å²) >= 11 is 7.16. The molecule has 0 saturated heterocycles. The Balaban J connectivity index is 2.29. The van der Waals surface area contributed by atoms with Gasteiger partial charge in [0.1, 0.15) is 6.54 Å². The average molecular weight is 355 g/mol. The molecule has 0 bridgehead atoms. The second-order valence-electron chi connectivity index (χ2n) is 5.47. The first-order chi connectivity index (χ1) is 10.3. The maximum absolute atomic E-state index is 12.2. The van der Waals surface area contributed by atoms with Crippen molar-refractivity contribution in [1.82, 2.24) is 4.57 Å². The first kappa shape index (κ1) is 16.7. The molecule has 0 fully saturated rings. The third kappa shape index (κ3) is 3.24. The molecule has 1 atom stereocenters. The van der Waals surface area contributed by atoms with E-state index in [1.807, 2.05) is 0 Å². The molecule has 5 nitrogen and oxygen atoms in total. The molecule has 2 aromatic rings. The van der Waals surface area contributed by atoms with Gasteiger partial charge in [0.25, 0.3) is 8.32 Å². The number of aromatic nitrogens is 1. The summed E-state index contributed by atoms with van der Waals surface area (Å²) in [6.07, 6.45) is 0. The van der Waals surface area contributed by atoms with Crippen LogP contribution in [0.4, 0.5) is 0 Å². The third-order valence-electron chi connectivity index (χ3n) is 3.54. The van der Waals surface area contributed by atoms with E-state index in [4.69, 9.17) is 21.3 Å². The molecule has 0 saturated carbocycles. The fraction of sp³-hybridized carbons (Fsp3) is 0.357. The van der Waals surface area contributed by atoms with Crippen LogP contribution < -0.4 is 4.87 Å². The zero-order valence-electron chi connectivity index (χ0n) is 12.4. The summed E-state index contributed by atoms with van der Waals surface area (Å²) in [6, 6.07) is 7.33. The van der Waals surface area contributed by atoms with E-state index in [1.54, 1.807) is 38.2 Å². The minimum absolute atomic E-state index is 0.197. The number of halogens is 1. The van der Waals surface area contributed by atoms with Crippen LogP contribution in [0, 0.1) is 11.3 Å². The maximum Gasteiger partial charge on any atom is 0.312 e. The largest absolute Gasteiger partial charge is 0.517 e. The normalized spacial score (nSPS) is 12.9. The minimum Gasteiger partial charge on any atom is -0.517 e. The van der Waals surface area contributed by atoms with Crippen LogP contribution in [-0.2, 0) is 15.8 Å². The van der Waals surface area contributed by atoms with Crippen LogP contribution in [-0.4, -0.2) is 18.9 Å². The Bertz CT molecular complexity index is 822. The summed E-state index contributed by atoms with van der Waals surface area (Å²) in [5.41, 5.74) is 0.222. The second kappa shape index (κ2) is 6.24. The van der Waals surface area contributed by atoms with Gasteiger partial charge in [-0.15, -0.1) is 0 Å². The van der Waals surface area contributed by atoms with Gasteiger partial charge in [-0.1, -0.05) is 29.0 Å². The smallest absolute Gasteiger partial charge is 0.312 e. The van der Waals surface area contributed by atoms with Gasteiger partial charge in [-0.2, -0.15) is 5.26 Å². The van der Waals surface area contributed by atoms with Crippen molar-refractivity contribution in [3.05, 3.63) is 32.9 Å². The summed E-state index contributed by atoms with van der Waals surface area (Å²) < 4.78 is 7.54. The van der Waals surface area contributed by atoms with Crippen molar-refractivity contribution in [3.63, 3.8) is 0 Å². The molecule has 1 aromatic heterocycles. The van der Waals surface area contributed by atoms with Crippen molar-refractivity contribution in [2.45, 2.75) is 32.1 Å². The molecule has 8 heteroatoms. The Morgan fingerprint density at radius 3 is 2.86 bits per heavy atom. The Morgan fingerprint density at radius 2 is 2.23 bits per heavy atom. The monoisotopic (exact) mass is 354 g/mol. The molecule has 0 radical (unpaired) electrons. The van der Waals surface area contributed by atoms with Gasteiger partial charge in [-0.05, 0) is 32.2 Å². The standard InChI is InChI=1S/C14H15ClN2O3SSi/c1-9(7-16)22(2,3)20-12(18)8-17-13-10(15)5-4-6-11(13)21-14(17)19/h4-6,9H,8H2,1-3H3. The topological polar surface area (TPSA) is 72.1 Å². The number of nitrogens with zero attached hydrogens (tertiary/aromatic N) is 2. The fourth-order valence-electron chi connectivity index (χ4n) is 1.92. The van der Waals surface area contributed by atoms with Gasteiger partial charge >= 0.3 is 10.8 Å². The molecule has 22 heavy (non-hydrogen) atoms. The van der Waals surface area contributed by atoms with Gasteiger partial charge in [-0.3, -0.25) is 14.2 Å². The van der Waals surface area contributed by atoms with Crippen LogP contribution in [0.25, 0.3) is 10.2 Å². The van der Waals surface area contributed by atoms with Crippen molar-refractivity contribution in [1.29, 1.82) is 5.26 Å². The van der Waals surface area contributed by atoms with E-state index >= 15 is 0 Å². The van der Waals surface area contributed by atoms with Gasteiger partial charge in [0.05, 0.1) is 26.8 Å². The van der Waals surface area contributed by atoms with Crippen molar-refractivity contribution in [2.24, 2.45) is 0 Å². The van der Waals surface area contributed by atoms with E-state index in [-0.39, 0.29) is 17.0 Å². The van der Waals surface area contributed by atoms with Crippen LogP contribution in [0.5, 0.6) is 0 Å². The molecular formula is C14H15ClN2O3SSi. The highest BCUT2D eigenvalue weighted by molar-refractivity contribution is 7.16. The number of hydrogen-bond donors (Lipinski definition) is 0. The molecule has 0 N–H and O–H groups in total. The quantitative estimate of drug-likeness (QED) is 0.789. The summed E-state index contributed by atoms with van der Waals surface area (Å²) in [4.78, 5) is 24.0. The number of carbonyl (C=O) groups is 1. The Kier molecular flexibility index (Phi) is 4.75. The second-order valence-corrected chi connectivity index (χ2v) is 11.1. The van der Waals surface area contributed by atoms with E-state index < -0.39 is 14.3 Å². The lowest BCUT2D eigenvalue weighted by Gasteiger charge is -2.24. The first-order valence-corrected chi connectivity index (χ1v) is 10.8. The highest BCUT2D eigenvalue weighted by Gasteiger charge is 2.34. The van der Waals surface area contributed by atoms with Crippen LogP contribution in [0.1, 0.15) is 6.92 Å². The molecule has 1 unspecified atom stereocenters. The number of hydrogen-bond acceptors (Lipinski definition) is 5. The lowest BCUT2D eigenvalue weighted by atomic mass is 10.3. The lowest BCUT2D eigenvalue weighted by molar-refractivity contribution is -0.135. The highest BCUT2D eigenvalue weighted by atomic mass is 35.5. The van der Waals surface area contributed by atoms with E-state index in [2.05, 4.69) is 6.07 Å². The van der Waals surface area contributed by atoms with Gasteiger partial charge in [-0.25, -0.2) is 0 Å². The number of fused-ring (bicyclic) bond motifs is 1. The van der Waals surface area contributed by atoms with Crippen LogP contribution >= 0.6 is 22.9 Å². The van der Waals surface area contributed by atoms with E-state index in [0.29, 0.717) is 10.5 Å². The summed E-state index contributed by atoms with van der Waals surface area (Å²) in [5.74, 6) is -0.513. The molecule has 0 aliphatic heterocycles. The van der Waals surface area contributed by atoms with Crippen LogP contribution in [0.15, 0.2) is 23.0 Å². The number of para-hydroxylation sites is 1. The molecule has 0 aliphatic carbocycles. The zero-order chi connectivity index (χ0) is 16.5. The predicted octanol–water partition coefficient (Wildman–Crippen LogP) is 3.38. The van der Waals surface area contributed by atoms with E-state index in [0.717, 1.165) is 16.0 Å². The molecule has 0 amide bonds. The molecule has 116 valence electrons. The molecule has 0 aliphatic rings. The third-order valence-corrected chi connectivity index (χ3v) is 7.76. The maximum atomic E-state index is 12.2. The lowest BCUT2D eigenvalue weighted by Crippen LogP contribution is -2.38. The fourth-order valence-corrected chi connectivity index (χ4v) is 4.31. The Labute approximate surface area is 137 Å². The van der Waals surface area contributed by atoms with Gasteiger partial charge < -0.3 is 4.43 Å². The summed E-state index contributed by atoms with van der Waals surface area (Å²) in [6.45, 7) is 5.15. The van der Waals surface area contributed by atoms with Gasteiger partial charge in [0.15, 0.2) is 0 Å². The van der Waals surface area contributed by atoms with Crippen molar-refractivity contribution >= 4 is 47.4 Å². The van der Waals surface area contributed by atoms with Crippen molar-refractivity contribution in [3.8, 4) is 6.07 Å². The molecule has 0 spiro atoms. The zero-order valence-corrected chi connectivity index (χ0v) is 15.0. The van der Waals surface area contributed by atoms with E-state index in [1.165, 1.54) is 4.57 Å². The predicted molar refractivity (Wildman–Crippen MR) is 89.7 cm³/mol. The van der Waals surface area contributed by atoms with Gasteiger partial charge in [0.2, 0.25) is 0 Å². The molecular weight excluding hydrogens is 340 g/mol. The summed E-state index contributed by atoms with van der Waals surface area (Å²) in [7, 11) is -2.46. The van der Waals surface area contributed by atoms with Gasteiger partial charge in [0, 0.05) is 0 Å². The van der Waals surface area contributed by atoms with Crippen molar-refractivity contribution in [2.75, 3.05) is 0 Å². The number of carbonyl (C=O) groups excluding carboxylic acids is 1. The van der Waals surface area contributed by atoms with Crippen molar-refractivity contribution < 1.29 is 9.22 Å². The number of rotatable bonds is 4. The first-order valence-electron chi connectivity index (χ1n) is 6.65. The molecule has 1 heterocycles. The molecule has 1 aromatic carbocycles. The number of nitriles is 1. The SMILES string of the molecule is CC(C#N)[Si](C)(C)OC(=O)Cn1c(=O)sc2cccc(Cl)c21. The van der Waals surface area contributed by atoms with E-state index in [9.17, 15) is 9.59 Å². The Morgan fingerprint density at radius 1 is 1.55 bits per heavy atom. The average Bonchev–Trinajstić information content (AvgIpc) is 2.74. The molecule has 2 rings (SSSR count). The van der Waals surface area contributed by atoms with Crippen LogP contribution in [0.2, 0.25) is 23.7 Å². The Hall–Kier alpha value is -1.62. The van der Waals surface area contributed by atoms with Crippen LogP contribution in [0.3, 0.4) is 0 Å². The highest BCUT2D eigenvalue weighted by Crippen LogP contribution is 2.26. The number of thiazole rings is 1. The number of benzene rings is 1.